The molecule has 0 bridgehead atoms. The third-order valence-electron chi connectivity index (χ3n) is 6.31. The van der Waals surface area contributed by atoms with Crippen LogP contribution < -0.4 is 0 Å². The maximum atomic E-state index is 12.4. The largest absolute Gasteiger partial charge is 0.392 e. The minimum absolute atomic E-state index is 0.0159. The number of rotatable bonds is 5. The zero-order valence-corrected chi connectivity index (χ0v) is 17.9. The van der Waals surface area contributed by atoms with E-state index >= 15 is 0 Å². The van der Waals surface area contributed by atoms with Gasteiger partial charge in [-0.05, 0) is 66.1 Å². The quantitative estimate of drug-likeness (QED) is 0.755. The Bertz CT molecular complexity index is 1020. The van der Waals surface area contributed by atoms with Crippen molar-refractivity contribution < 1.29 is 17.4 Å². The molecule has 1 N–H and O–H groups in total. The van der Waals surface area contributed by atoms with E-state index < -0.39 is 10.0 Å². The fourth-order valence-electron chi connectivity index (χ4n) is 4.96. The standard InChI is InChI=1S/C22H27ClNO3S/c1-15-12-24(2,28(15,26)27)13-18-8-20-4-3-16(7-21(20)9-18)5-17-6-19(14-25)11-22(23)10-17/h3-4,6-7,10-11,15,18,25H,5,8-9,12-14H2,1-2H3/q+1/t15?,18-,24?/m0/s1. The van der Waals surface area contributed by atoms with Crippen molar-refractivity contribution in [2.45, 2.75) is 38.0 Å². The van der Waals surface area contributed by atoms with Crippen molar-refractivity contribution in [3.05, 3.63) is 69.2 Å². The first-order valence-electron chi connectivity index (χ1n) is 9.78. The summed E-state index contributed by atoms with van der Waals surface area (Å²) in [6.07, 6.45) is 2.67. The Morgan fingerprint density at radius 2 is 1.79 bits per heavy atom. The molecule has 0 spiro atoms. The minimum Gasteiger partial charge on any atom is -0.392 e. The first-order chi connectivity index (χ1) is 13.2. The Kier molecular flexibility index (Phi) is 5.07. The summed E-state index contributed by atoms with van der Waals surface area (Å²) in [5.74, 6) is 0.379. The van der Waals surface area contributed by atoms with Gasteiger partial charge in [0.25, 0.3) is 0 Å². The normalized spacial score (nSPS) is 28.0. The Labute approximate surface area is 172 Å². The van der Waals surface area contributed by atoms with Crippen molar-refractivity contribution in [3.63, 3.8) is 0 Å². The van der Waals surface area contributed by atoms with Gasteiger partial charge in [0.2, 0.25) is 0 Å². The summed E-state index contributed by atoms with van der Waals surface area (Å²) in [7, 11) is -1.17. The predicted octanol–water partition coefficient (Wildman–Crippen LogP) is 3.32. The maximum Gasteiger partial charge on any atom is 0.305 e. The summed E-state index contributed by atoms with van der Waals surface area (Å²) in [5.41, 5.74) is 5.81. The molecule has 0 saturated carbocycles. The molecular weight excluding hydrogens is 394 g/mol. The van der Waals surface area contributed by atoms with Crippen LogP contribution in [0.3, 0.4) is 0 Å². The number of halogens is 1. The van der Waals surface area contributed by atoms with Crippen LogP contribution in [0.25, 0.3) is 0 Å². The minimum atomic E-state index is -3.03. The lowest BCUT2D eigenvalue weighted by Crippen LogP contribution is -2.68. The lowest BCUT2D eigenvalue weighted by atomic mass is 9.99. The van der Waals surface area contributed by atoms with Gasteiger partial charge in [0.05, 0.1) is 20.2 Å². The van der Waals surface area contributed by atoms with Crippen LogP contribution in [-0.2, 0) is 35.9 Å². The van der Waals surface area contributed by atoms with E-state index in [9.17, 15) is 13.5 Å². The summed E-state index contributed by atoms with van der Waals surface area (Å²) in [6.45, 7) is 3.22. The molecule has 28 heavy (non-hydrogen) atoms. The third-order valence-corrected chi connectivity index (χ3v) is 9.22. The van der Waals surface area contributed by atoms with Crippen LogP contribution in [0.5, 0.6) is 0 Å². The Balaban J connectivity index is 1.47. The monoisotopic (exact) mass is 420 g/mol. The molecule has 4 rings (SSSR count). The second-order valence-electron chi connectivity index (χ2n) is 8.67. The molecule has 1 aliphatic carbocycles. The summed E-state index contributed by atoms with van der Waals surface area (Å²) in [5, 5.41) is 9.81. The van der Waals surface area contributed by atoms with Gasteiger partial charge in [0.1, 0.15) is 6.54 Å². The van der Waals surface area contributed by atoms with Gasteiger partial charge in [-0.3, -0.25) is 0 Å². The molecule has 2 aromatic carbocycles. The molecule has 6 heteroatoms. The average Bonchev–Trinajstić information content (AvgIpc) is 3.02. The predicted molar refractivity (Wildman–Crippen MR) is 112 cm³/mol. The van der Waals surface area contributed by atoms with Gasteiger partial charge in [-0.15, -0.1) is 0 Å². The lowest BCUT2D eigenvalue weighted by Gasteiger charge is -2.45. The van der Waals surface area contributed by atoms with Crippen molar-refractivity contribution >= 4 is 21.6 Å². The van der Waals surface area contributed by atoms with Crippen LogP contribution in [0.15, 0.2) is 36.4 Å². The van der Waals surface area contributed by atoms with Gasteiger partial charge >= 0.3 is 10.0 Å². The fourth-order valence-corrected chi connectivity index (χ4v) is 7.22. The highest BCUT2D eigenvalue weighted by Gasteiger charge is 2.55. The molecule has 150 valence electrons. The zero-order chi connectivity index (χ0) is 20.1. The van der Waals surface area contributed by atoms with Crippen molar-refractivity contribution in [1.29, 1.82) is 0 Å². The topological polar surface area (TPSA) is 54.4 Å². The number of hydrogen-bond acceptors (Lipinski definition) is 3. The summed E-state index contributed by atoms with van der Waals surface area (Å²) in [4.78, 5) is 0. The molecule has 0 aromatic heterocycles. The molecule has 2 aromatic rings. The highest BCUT2D eigenvalue weighted by atomic mass is 35.5. The van der Waals surface area contributed by atoms with Crippen LogP contribution in [0.4, 0.5) is 0 Å². The van der Waals surface area contributed by atoms with E-state index in [0.717, 1.165) is 36.9 Å². The first kappa shape index (κ1) is 19.9. The van der Waals surface area contributed by atoms with Crippen LogP contribution in [0.2, 0.25) is 5.02 Å². The van der Waals surface area contributed by atoms with Gasteiger partial charge < -0.3 is 5.11 Å². The van der Waals surface area contributed by atoms with Crippen molar-refractivity contribution in [1.82, 2.24) is 0 Å². The Morgan fingerprint density at radius 1 is 1.07 bits per heavy atom. The van der Waals surface area contributed by atoms with Crippen LogP contribution >= 0.6 is 11.6 Å². The van der Waals surface area contributed by atoms with E-state index in [0.29, 0.717) is 17.5 Å². The maximum absolute atomic E-state index is 12.4. The second-order valence-corrected chi connectivity index (χ2v) is 11.8. The number of hydrogen-bond donors (Lipinski definition) is 1. The number of quaternary nitrogens is 1. The molecule has 2 unspecified atom stereocenters. The average molecular weight is 421 g/mol. The number of aliphatic hydroxyl groups is 1. The lowest BCUT2D eigenvalue weighted by molar-refractivity contribution is -0.808. The van der Waals surface area contributed by atoms with E-state index in [1.54, 1.807) is 6.07 Å². The first-order valence-corrected chi connectivity index (χ1v) is 11.7. The SMILES string of the molecule is CC1C[N+](C)(C[C@H]2Cc3ccc(Cc4cc(Cl)cc(CO)c4)cc3C2)S1(=O)=O. The number of fused-ring (bicyclic) bond motifs is 1. The number of aliphatic hydroxyl groups excluding tert-OH is 1. The van der Waals surface area contributed by atoms with Crippen LogP contribution in [0.1, 0.15) is 34.7 Å². The van der Waals surface area contributed by atoms with Crippen molar-refractivity contribution in [2.75, 3.05) is 20.1 Å². The number of nitrogens with zero attached hydrogens (tertiary/aromatic N) is 1. The summed E-state index contributed by atoms with van der Waals surface area (Å²) >= 11 is 6.16. The van der Waals surface area contributed by atoms with Gasteiger partial charge in [0, 0.05) is 10.9 Å². The van der Waals surface area contributed by atoms with E-state index in [2.05, 4.69) is 18.2 Å². The van der Waals surface area contributed by atoms with E-state index in [-0.39, 0.29) is 15.7 Å². The number of benzene rings is 2. The van der Waals surface area contributed by atoms with E-state index in [1.165, 1.54) is 16.7 Å². The molecule has 1 aliphatic heterocycles. The van der Waals surface area contributed by atoms with E-state index in [1.807, 2.05) is 26.1 Å². The molecule has 3 atom stereocenters. The third kappa shape index (κ3) is 3.50. The zero-order valence-electron chi connectivity index (χ0n) is 16.4. The molecule has 1 saturated heterocycles. The van der Waals surface area contributed by atoms with Gasteiger partial charge in [-0.2, -0.15) is 8.42 Å². The molecule has 2 aliphatic rings. The highest BCUT2D eigenvalue weighted by Crippen LogP contribution is 2.36. The van der Waals surface area contributed by atoms with Gasteiger partial charge in [-0.25, -0.2) is 3.89 Å². The summed E-state index contributed by atoms with van der Waals surface area (Å²) in [6, 6.07) is 12.3. The summed E-state index contributed by atoms with van der Waals surface area (Å²) < 4.78 is 25.0. The van der Waals surface area contributed by atoms with Gasteiger partial charge in [0.15, 0.2) is 5.25 Å². The van der Waals surface area contributed by atoms with Gasteiger partial charge in [-0.1, -0.05) is 35.9 Å². The molecule has 1 fully saturated rings. The number of sulfonamides is 1. The van der Waals surface area contributed by atoms with Crippen LogP contribution in [-0.4, -0.2) is 42.8 Å². The Morgan fingerprint density at radius 3 is 2.46 bits per heavy atom. The second kappa shape index (κ2) is 7.13. The fraction of sp³-hybridized carbons (Fsp3) is 0.455. The Hall–Kier alpha value is -1.40. The molecule has 0 radical (unpaired) electrons. The van der Waals surface area contributed by atoms with Crippen molar-refractivity contribution in [2.24, 2.45) is 5.92 Å². The molecule has 1 heterocycles. The smallest absolute Gasteiger partial charge is 0.305 e. The van der Waals surface area contributed by atoms with E-state index in [4.69, 9.17) is 11.6 Å². The van der Waals surface area contributed by atoms with Crippen LogP contribution in [0, 0.1) is 5.92 Å². The molecule has 0 amide bonds. The van der Waals surface area contributed by atoms with Crippen molar-refractivity contribution in [3.8, 4) is 0 Å². The molecule has 4 nitrogen and oxygen atoms in total. The molecular formula is C22H27ClNO3S+. The highest BCUT2D eigenvalue weighted by molar-refractivity contribution is 7.87.